The Morgan fingerprint density at radius 1 is 0.912 bits per heavy atom. The normalized spacial score (nSPS) is 10.9. The summed E-state index contributed by atoms with van der Waals surface area (Å²) in [4.78, 5) is 30.6. The van der Waals surface area contributed by atoms with Gasteiger partial charge in [0.1, 0.15) is 0 Å². The number of carbonyl (C=O) groups is 1. The van der Waals surface area contributed by atoms with Crippen LogP contribution in [0, 0.1) is 6.92 Å². The van der Waals surface area contributed by atoms with Gasteiger partial charge in [-0.05, 0) is 23.6 Å². The van der Waals surface area contributed by atoms with Gasteiger partial charge in [0.25, 0.3) is 5.56 Å². The highest BCUT2D eigenvalue weighted by Crippen LogP contribution is 2.23. The second-order valence-electron chi connectivity index (χ2n) is 8.10. The molecule has 34 heavy (non-hydrogen) atoms. The molecule has 0 bridgehead atoms. The van der Waals surface area contributed by atoms with E-state index >= 15 is 0 Å². The Bertz CT molecular complexity index is 1270. The lowest BCUT2D eigenvalue weighted by Crippen LogP contribution is -2.31. The first-order chi connectivity index (χ1) is 16.5. The van der Waals surface area contributed by atoms with Gasteiger partial charge < -0.3 is 5.32 Å². The molecule has 0 aliphatic carbocycles. The van der Waals surface area contributed by atoms with Crippen molar-refractivity contribution in [2.24, 2.45) is 7.05 Å². The summed E-state index contributed by atoms with van der Waals surface area (Å²) in [5.41, 5.74) is 4.39. The highest BCUT2D eigenvalue weighted by atomic mass is 32.2. The molecule has 5 nitrogen and oxygen atoms in total. The minimum Gasteiger partial charge on any atom is -0.344 e. The number of hydrogen-bond acceptors (Lipinski definition) is 4. The van der Waals surface area contributed by atoms with E-state index in [9.17, 15) is 9.59 Å². The standard InChI is InChI=1S/C28H27N3O2S/c1-20-24(18-21-12-6-3-7-13-21)27(33)31(2)28(29-20)34-19-25(32)30-26(22-14-8-4-9-15-22)23-16-10-5-11-17-23/h3-17,26H,18-19H2,1-2H3,(H,30,32). The van der Waals surface area contributed by atoms with Gasteiger partial charge in [-0.2, -0.15) is 0 Å². The number of carbonyl (C=O) groups excluding carboxylic acids is 1. The molecule has 0 fully saturated rings. The molecule has 0 aliphatic heterocycles. The molecular formula is C28H27N3O2S. The van der Waals surface area contributed by atoms with Crippen LogP contribution in [0.5, 0.6) is 0 Å². The number of hydrogen-bond donors (Lipinski definition) is 1. The summed E-state index contributed by atoms with van der Waals surface area (Å²) in [5.74, 6) is 0.0384. The quantitative estimate of drug-likeness (QED) is 0.301. The fourth-order valence-corrected chi connectivity index (χ4v) is 4.67. The number of amides is 1. The molecule has 0 saturated carbocycles. The molecule has 1 N–H and O–H groups in total. The SMILES string of the molecule is Cc1nc(SCC(=O)NC(c2ccccc2)c2ccccc2)n(C)c(=O)c1Cc1ccccc1. The molecule has 0 unspecified atom stereocenters. The average molecular weight is 470 g/mol. The van der Waals surface area contributed by atoms with Gasteiger partial charge in [-0.1, -0.05) is 103 Å². The van der Waals surface area contributed by atoms with E-state index < -0.39 is 0 Å². The lowest BCUT2D eigenvalue weighted by Gasteiger charge is -2.20. The molecule has 6 heteroatoms. The van der Waals surface area contributed by atoms with Gasteiger partial charge in [-0.25, -0.2) is 4.98 Å². The molecule has 0 saturated heterocycles. The lowest BCUT2D eigenvalue weighted by atomic mass is 9.99. The number of nitrogens with one attached hydrogen (secondary N) is 1. The summed E-state index contributed by atoms with van der Waals surface area (Å²) >= 11 is 1.27. The van der Waals surface area contributed by atoms with Crippen LogP contribution in [0.3, 0.4) is 0 Å². The van der Waals surface area contributed by atoms with Gasteiger partial charge in [0.15, 0.2) is 5.16 Å². The Balaban J connectivity index is 1.48. The Kier molecular flexibility index (Phi) is 7.60. The van der Waals surface area contributed by atoms with Gasteiger partial charge >= 0.3 is 0 Å². The van der Waals surface area contributed by atoms with E-state index in [4.69, 9.17) is 0 Å². The number of thioether (sulfide) groups is 1. The van der Waals surface area contributed by atoms with Crippen LogP contribution in [0.1, 0.15) is 34.0 Å². The van der Waals surface area contributed by atoms with Crippen molar-refractivity contribution >= 4 is 17.7 Å². The molecule has 0 radical (unpaired) electrons. The molecule has 0 atom stereocenters. The van der Waals surface area contributed by atoms with Crippen molar-refractivity contribution in [3.05, 3.63) is 129 Å². The Morgan fingerprint density at radius 3 is 2.00 bits per heavy atom. The Labute approximate surface area is 203 Å². The van der Waals surface area contributed by atoms with E-state index in [1.54, 1.807) is 7.05 Å². The molecule has 0 spiro atoms. The summed E-state index contributed by atoms with van der Waals surface area (Å²) in [6, 6.07) is 29.4. The molecule has 1 aromatic heterocycles. The van der Waals surface area contributed by atoms with Gasteiger partial charge in [-0.3, -0.25) is 14.2 Å². The lowest BCUT2D eigenvalue weighted by molar-refractivity contribution is -0.119. The Hall–Kier alpha value is -3.64. The molecule has 4 rings (SSSR count). The van der Waals surface area contributed by atoms with Crippen molar-refractivity contribution in [1.82, 2.24) is 14.9 Å². The van der Waals surface area contributed by atoms with E-state index in [0.29, 0.717) is 22.8 Å². The van der Waals surface area contributed by atoms with Crippen molar-refractivity contribution in [1.29, 1.82) is 0 Å². The van der Waals surface area contributed by atoms with Crippen LogP contribution in [0.15, 0.2) is 101 Å². The van der Waals surface area contributed by atoms with Crippen LogP contribution < -0.4 is 10.9 Å². The molecule has 1 heterocycles. The molecule has 4 aromatic rings. The predicted molar refractivity (Wildman–Crippen MR) is 137 cm³/mol. The third kappa shape index (κ3) is 5.64. The number of rotatable bonds is 8. The van der Waals surface area contributed by atoms with Gasteiger partial charge in [-0.15, -0.1) is 0 Å². The summed E-state index contributed by atoms with van der Waals surface area (Å²) in [6.45, 7) is 1.85. The Morgan fingerprint density at radius 2 is 1.44 bits per heavy atom. The van der Waals surface area contributed by atoms with Crippen LogP contribution in [0.25, 0.3) is 0 Å². The van der Waals surface area contributed by atoms with Crippen LogP contribution in [-0.4, -0.2) is 21.2 Å². The summed E-state index contributed by atoms with van der Waals surface area (Å²) < 4.78 is 1.54. The highest BCUT2D eigenvalue weighted by Gasteiger charge is 2.18. The van der Waals surface area contributed by atoms with Crippen LogP contribution in [0.2, 0.25) is 0 Å². The third-order valence-corrected chi connectivity index (χ3v) is 6.71. The van der Waals surface area contributed by atoms with Crippen LogP contribution >= 0.6 is 11.8 Å². The van der Waals surface area contributed by atoms with Crippen LogP contribution in [0.4, 0.5) is 0 Å². The fraction of sp³-hybridized carbons (Fsp3) is 0.179. The second kappa shape index (κ2) is 11.0. The van der Waals surface area contributed by atoms with Gasteiger partial charge in [0.05, 0.1) is 11.8 Å². The van der Waals surface area contributed by atoms with E-state index in [-0.39, 0.29) is 23.3 Å². The fourth-order valence-electron chi connectivity index (χ4n) is 3.85. The maximum Gasteiger partial charge on any atom is 0.257 e. The van der Waals surface area contributed by atoms with E-state index in [1.807, 2.05) is 97.9 Å². The van der Waals surface area contributed by atoms with E-state index in [2.05, 4.69) is 10.3 Å². The van der Waals surface area contributed by atoms with Crippen molar-refractivity contribution < 1.29 is 4.79 Å². The average Bonchev–Trinajstić information content (AvgIpc) is 2.88. The maximum absolute atomic E-state index is 13.0. The van der Waals surface area contributed by atoms with Crippen molar-refractivity contribution in [2.75, 3.05) is 5.75 Å². The summed E-state index contributed by atoms with van der Waals surface area (Å²) in [6.07, 6.45) is 0.535. The second-order valence-corrected chi connectivity index (χ2v) is 9.04. The smallest absolute Gasteiger partial charge is 0.257 e. The molecule has 3 aromatic carbocycles. The predicted octanol–water partition coefficient (Wildman–Crippen LogP) is 4.68. The molecular weight excluding hydrogens is 442 g/mol. The van der Waals surface area contributed by atoms with E-state index in [0.717, 1.165) is 16.7 Å². The minimum absolute atomic E-state index is 0.0780. The molecule has 172 valence electrons. The first-order valence-electron chi connectivity index (χ1n) is 11.2. The van der Waals surface area contributed by atoms with Gasteiger partial charge in [0, 0.05) is 24.7 Å². The maximum atomic E-state index is 13.0. The first kappa shape index (κ1) is 23.5. The monoisotopic (exact) mass is 469 g/mol. The minimum atomic E-state index is -0.248. The topological polar surface area (TPSA) is 64.0 Å². The third-order valence-electron chi connectivity index (χ3n) is 5.68. The molecule has 0 aliphatic rings. The zero-order chi connectivity index (χ0) is 23.9. The number of aromatic nitrogens is 2. The van der Waals surface area contributed by atoms with Crippen molar-refractivity contribution in [3.63, 3.8) is 0 Å². The van der Waals surface area contributed by atoms with Gasteiger partial charge in [0.2, 0.25) is 5.91 Å². The molecule has 1 amide bonds. The number of aryl methyl sites for hydroxylation is 1. The van der Waals surface area contributed by atoms with Crippen LogP contribution in [-0.2, 0) is 18.3 Å². The zero-order valence-corrected chi connectivity index (χ0v) is 20.1. The highest BCUT2D eigenvalue weighted by molar-refractivity contribution is 7.99. The zero-order valence-electron chi connectivity index (χ0n) is 19.3. The first-order valence-corrected chi connectivity index (χ1v) is 12.1. The summed E-state index contributed by atoms with van der Waals surface area (Å²) in [7, 11) is 1.71. The van der Waals surface area contributed by atoms with Crippen molar-refractivity contribution in [2.45, 2.75) is 24.5 Å². The van der Waals surface area contributed by atoms with E-state index in [1.165, 1.54) is 16.3 Å². The largest absolute Gasteiger partial charge is 0.344 e. The summed E-state index contributed by atoms with van der Waals surface area (Å²) in [5, 5.41) is 3.67. The van der Waals surface area contributed by atoms with Crippen molar-refractivity contribution in [3.8, 4) is 0 Å². The number of benzene rings is 3. The number of nitrogens with zero attached hydrogens (tertiary/aromatic N) is 2.